The molecule has 4 rings (SSSR count). The van der Waals surface area contributed by atoms with Crippen LogP contribution in [0.1, 0.15) is 5.56 Å². The zero-order chi connectivity index (χ0) is 17.9. The number of nitrogens with one attached hydrogen (secondary N) is 2. The van der Waals surface area contributed by atoms with E-state index < -0.39 is 0 Å². The summed E-state index contributed by atoms with van der Waals surface area (Å²) in [6, 6.07) is 17.5. The van der Waals surface area contributed by atoms with E-state index in [9.17, 15) is 4.79 Å². The van der Waals surface area contributed by atoms with Crippen molar-refractivity contribution in [2.45, 2.75) is 12.1 Å². The van der Waals surface area contributed by atoms with E-state index in [0.717, 1.165) is 27.8 Å². The van der Waals surface area contributed by atoms with Gasteiger partial charge < -0.3 is 14.7 Å². The maximum absolute atomic E-state index is 12.0. The van der Waals surface area contributed by atoms with Gasteiger partial charge in [-0.2, -0.15) is 0 Å². The van der Waals surface area contributed by atoms with Gasteiger partial charge in [-0.25, -0.2) is 0 Å². The Hall–Kier alpha value is -3.06. The van der Waals surface area contributed by atoms with Gasteiger partial charge in [0.05, 0.1) is 5.75 Å². The molecular weight excluding hydrogens is 348 g/mol. The molecule has 0 aliphatic heterocycles. The average Bonchev–Trinajstić information content (AvgIpc) is 3.28. The van der Waals surface area contributed by atoms with E-state index in [1.54, 1.807) is 0 Å². The normalized spacial score (nSPS) is 11.0. The molecule has 0 aliphatic rings. The van der Waals surface area contributed by atoms with E-state index >= 15 is 0 Å². The van der Waals surface area contributed by atoms with Crippen molar-refractivity contribution in [1.82, 2.24) is 15.2 Å². The Bertz CT molecular complexity index is 1020. The molecule has 1 amide bonds. The molecule has 4 aromatic rings. The monoisotopic (exact) mass is 364 g/mol. The van der Waals surface area contributed by atoms with Gasteiger partial charge in [0.15, 0.2) is 0 Å². The minimum Gasteiger partial charge on any atom is -0.410 e. The number of para-hydroxylation sites is 1. The number of aromatic amines is 1. The van der Waals surface area contributed by atoms with E-state index in [1.807, 2.05) is 61.5 Å². The lowest BCUT2D eigenvalue weighted by Gasteiger charge is -2.03. The van der Waals surface area contributed by atoms with E-state index in [-0.39, 0.29) is 11.7 Å². The van der Waals surface area contributed by atoms with Gasteiger partial charge in [-0.05, 0) is 31.2 Å². The van der Waals surface area contributed by atoms with Gasteiger partial charge >= 0.3 is 0 Å². The third kappa shape index (κ3) is 3.62. The fourth-order valence-electron chi connectivity index (χ4n) is 2.53. The number of hydrogen-bond donors (Lipinski definition) is 2. The standard InChI is InChI=1S/C19H16N4O2S/c1-12-6-8-14(9-7-12)20-17(24)11-26-19-23-22-18(25-19)16-10-13-4-2-3-5-15(13)21-16/h2-10,21H,11H2,1H3,(H,20,24). The number of hydrogen-bond acceptors (Lipinski definition) is 5. The molecule has 7 heteroatoms. The fourth-order valence-corrected chi connectivity index (χ4v) is 3.09. The van der Waals surface area contributed by atoms with E-state index in [4.69, 9.17) is 4.42 Å². The Labute approximate surface area is 154 Å². The minimum absolute atomic E-state index is 0.121. The summed E-state index contributed by atoms with van der Waals surface area (Å²) in [6.45, 7) is 2.00. The lowest BCUT2D eigenvalue weighted by molar-refractivity contribution is -0.113. The Balaban J connectivity index is 1.38. The molecule has 6 nitrogen and oxygen atoms in total. The Morgan fingerprint density at radius 1 is 1.15 bits per heavy atom. The molecular formula is C19H16N4O2S. The zero-order valence-electron chi connectivity index (χ0n) is 14.0. The lowest BCUT2D eigenvalue weighted by atomic mass is 10.2. The van der Waals surface area contributed by atoms with Gasteiger partial charge in [0, 0.05) is 16.6 Å². The summed E-state index contributed by atoms with van der Waals surface area (Å²) in [5, 5.41) is 12.3. The van der Waals surface area contributed by atoms with Crippen LogP contribution in [0.5, 0.6) is 0 Å². The van der Waals surface area contributed by atoms with Crippen LogP contribution in [0, 0.1) is 6.92 Å². The smallest absolute Gasteiger partial charge is 0.277 e. The van der Waals surface area contributed by atoms with Crippen molar-refractivity contribution >= 4 is 34.3 Å². The van der Waals surface area contributed by atoms with Gasteiger partial charge in [0.2, 0.25) is 5.91 Å². The van der Waals surface area contributed by atoms with Gasteiger partial charge in [-0.15, -0.1) is 10.2 Å². The number of aromatic nitrogens is 3. The molecule has 0 radical (unpaired) electrons. The summed E-state index contributed by atoms with van der Waals surface area (Å²) in [6.07, 6.45) is 0. The summed E-state index contributed by atoms with van der Waals surface area (Å²) in [5.74, 6) is 0.481. The van der Waals surface area contributed by atoms with Crippen molar-refractivity contribution in [3.63, 3.8) is 0 Å². The van der Waals surface area contributed by atoms with Crippen LogP contribution in [0.3, 0.4) is 0 Å². The van der Waals surface area contributed by atoms with E-state index in [0.29, 0.717) is 11.1 Å². The molecule has 0 saturated heterocycles. The third-order valence-corrected chi connectivity index (χ3v) is 4.65. The molecule has 2 heterocycles. The van der Waals surface area contributed by atoms with Gasteiger partial charge in [-0.3, -0.25) is 4.79 Å². The highest BCUT2D eigenvalue weighted by molar-refractivity contribution is 7.99. The van der Waals surface area contributed by atoms with Gasteiger partial charge in [-0.1, -0.05) is 47.7 Å². The second-order valence-electron chi connectivity index (χ2n) is 5.85. The number of carbonyl (C=O) groups excluding carboxylic acids is 1. The number of anilines is 1. The van der Waals surface area contributed by atoms with Gasteiger partial charge in [0.25, 0.3) is 11.1 Å². The summed E-state index contributed by atoms with van der Waals surface area (Å²) in [5.41, 5.74) is 3.68. The van der Waals surface area contributed by atoms with Crippen molar-refractivity contribution in [2.24, 2.45) is 0 Å². The van der Waals surface area contributed by atoms with Crippen LogP contribution in [0.2, 0.25) is 0 Å². The molecule has 2 aromatic carbocycles. The first kappa shape index (κ1) is 16.4. The summed E-state index contributed by atoms with van der Waals surface area (Å²) < 4.78 is 5.65. The summed E-state index contributed by atoms with van der Waals surface area (Å²) in [4.78, 5) is 15.3. The molecule has 0 aliphatic carbocycles. The zero-order valence-corrected chi connectivity index (χ0v) is 14.8. The fraction of sp³-hybridized carbons (Fsp3) is 0.105. The number of fused-ring (bicyclic) bond motifs is 1. The Kier molecular flexibility index (Phi) is 4.45. The number of rotatable bonds is 5. The van der Waals surface area contributed by atoms with E-state index in [1.165, 1.54) is 11.8 Å². The molecule has 0 bridgehead atoms. The Morgan fingerprint density at radius 3 is 2.77 bits per heavy atom. The van der Waals surface area contributed by atoms with Crippen LogP contribution in [0.15, 0.2) is 64.2 Å². The number of carbonyl (C=O) groups is 1. The average molecular weight is 364 g/mol. The highest BCUT2D eigenvalue weighted by Crippen LogP contribution is 2.26. The molecule has 0 saturated carbocycles. The maximum atomic E-state index is 12.0. The topological polar surface area (TPSA) is 83.8 Å². The number of benzene rings is 2. The van der Waals surface area contributed by atoms with Crippen molar-refractivity contribution in [3.8, 4) is 11.6 Å². The van der Waals surface area contributed by atoms with Crippen LogP contribution in [-0.4, -0.2) is 26.8 Å². The summed E-state index contributed by atoms with van der Waals surface area (Å²) in [7, 11) is 0. The number of nitrogens with zero attached hydrogens (tertiary/aromatic N) is 2. The maximum Gasteiger partial charge on any atom is 0.277 e. The molecule has 2 aromatic heterocycles. The second kappa shape index (κ2) is 7.05. The number of amides is 1. The molecule has 0 fully saturated rings. The van der Waals surface area contributed by atoms with E-state index in [2.05, 4.69) is 20.5 Å². The SMILES string of the molecule is Cc1ccc(NC(=O)CSc2nnc(-c3cc4ccccc4[nH]3)o2)cc1. The predicted molar refractivity (Wildman–Crippen MR) is 102 cm³/mol. The van der Waals surface area contributed by atoms with Crippen LogP contribution >= 0.6 is 11.8 Å². The molecule has 0 unspecified atom stereocenters. The van der Waals surface area contributed by atoms with Crippen molar-refractivity contribution in [2.75, 3.05) is 11.1 Å². The Morgan fingerprint density at radius 2 is 1.96 bits per heavy atom. The highest BCUT2D eigenvalue weighted by Gasteiger charge is 2.13. The number of H-pyrrole nitrogens is 1. The van der Waals surface area contributed by atoms with Crippen LogP contribution in [0.4, 0.5) is 5.69 Å². The van der Waals surface area contributed by atoms with Crippen molar-refractivity contribution < 1.29 is 9.21 Å². The van der Waals surface area contributed by atoms with Crippen LogP contribution in [0.25, 0.3) is 22.5 Å². The number of thioether (sulfide) groups is 1. The highest BCUT2D eigenvalue weighted by atomic mass is 32.2. The van der Waals surface area contributed by atoms with Crippen LogP contribution in [-0.2, 0) is 4.79 Å². The molecule has 2 N–H and O–H groups in total. The van der Waals surface area contributed by atoms with Crippen molar-refractivity contribution in [3.05, 3.63) is 60.2 Å². The second-order valence-corrected chi connectivity index (χ2v) is 6.77. The van der Waals surface area contributed by atoms with Crippen molar-refractivity contribution in [1.29, 1.82) is 0 Å². The first-order valence-corrected chi connectivity index (χ1v) is 9.07. The molecule has 0 spiro atoms. The van der Waals surface area contributed by atoms with Gasteiger partial charge in [0.1, 0.15) is 5.69 Å². The first-order valence-electron chi connectivity index (χ1n) is 8.08. The van der Waals surface area contributed by atoms with Crippen LogP contribution < -0.4 is 5.32 Å². The number of aryl methyl sites for hydroxylation is 1. The molecule has 0 atom stereocenters. The molecule has 26 heavy (non-hydrogen) atoms. The largest absolute Gasteiger partial charge is 0.410 e. The summed E-state index contributed by atoms with van der Waals surface area (Å²) >= 11 is 1.21. The lowest BCUT2D eigenvalue weighted by Crippen LogP contribution is -2.13. The quantitative estimate of drug-likeness (QED) is 0.517. The third-order valence-electron chi connectivity index (χ3n) is 3.83. The minimum atomic E-state index is -0.121. The molecule has 130 valence electrons. The predicted octanol–water partition coefficient (Wildman–Crippen LogP) is 4.26. The first-order chi connectivity index (χ1) is 12.7.